The van der Waals surface area contributed by atoms with Gasteiger partial charge < -0.3 is 16.0 Å². The van der Waals surface area contributed by atoms with Crippen LogP contribution >= 0.6 is 11.8 Å². The summed E-state index contributed by atoms with van der Waals surface area (Å²) in [6.07, 6.45) is 5.31. The van der Waals surface area contributed by atoms with E-state index in [9.17, 15) is 9.59 Å². The van der Waals surface area contributed by atoms with Gasteiger partial charge in [0, 0.05) is 31.0 Å². The van der Waals surface area contributed by atoms with Crippen molar-refractivity contribution in [3.05, 3.63) is 18.0 Å². The van der Waals surface area contributed by atoms with Crippen LogP contribution in [0, 0.1) is 0 Å². The molecule has 8 heteroatoms. The van der Waals surface area contributed by atoms with Crippen molar-refractivity contribution in [1.29, 1.82) is 0 Å². The van der Waals surface area contributed by atoms with Crippen molar-refractivity contribution in [2.75, 3.05) is 12.8 Å². The van der Waals surface area contributed by atoms with Crippen LogP contribution < -0.4 is 11.1 Å². The highest BCUT2D eigenvalue weighted by Crippen LogP contribution is 2.20. The molecule has 1 aliphatic rings. The second-order valence-electron chi connectivity index (χ2n) is 5.59. The number of amides is 2. The van der Waals surface area contributed by atoms with E-state index in [0.29, 0.717) is 23.7 Å². The Balaban J connectivity index is 2.16. The van der Waals surface area contributed by atoms with Crippen molar-refractivity contribution in [2.24, 2.45) is 5.73 Å². The fourth-order valence-electron chi connectivity index (χ4n) is 2.42. The molecule has 1 saturated heterocycles. The minimum absolute atomic E-state index is 0.0190. The van der Waals surface area contributed by atoms with Gasteiger partial charge in [0.05, 0.1) is 5.56 Å². The van der Waals surface area contributed by atoms with Crippen LogP contribution in [-0.2, 0) is 4.79 Å². The lowest BCUT2D eigenvalue weighted by Gasteiger charge is -2.24. The number of hydrogen-bond donors (Lipinski definition) is 2. The number of carbonyl (C=O) groups is 2. The van der Waals surface area contributed by atoms with Crippen molar-refractivity contribution in [1.82, 2.24) is 20.2 Å². The molecule has 7 nitrogen and oxygen atoms in total. The van der Waals surface area contributed by atoms with Gasteiger partial charge in [0.15, 0.2) is 5.16 Å². The predicted octanol–water partition coefficient (Wildman–Crippen LogP) is 0.265. The maximum Gasteiger partial charge on any atom is 0.257 e. The maximum atomic E-state index is 12.6. The highest BCUT2D eigenvalue weighted by Gasteiger charge is 2.38. The van der Waals surface area contributed by atoms with E-state index in [-0.39, 0.29) is 23.9 Å². The number of nitrogens with two attached hydrogens (primary N) is 1. The lowest BCUT2D eigenvalue weighted by molar-refractivity contribution is -0.125. The van der Waals surface area contributed by atoms with E-state index in [1.807, 2.05) is 20.1 Å². The molecule has 0 bridgehead atoms. The molecule has 0 aliphatic carbocycles. The van der Waals surface area contributed by atoms with E-state index in [1.54, 1.807) is 0 Å². The molecule has 0 unspecified atom stereocenters. The number of carbonyl (C=O) groups excluding carboxylic acids is 2. The molecule has 0 radical (unpaired) electrons. The molecular weight excluding hydrogens is 302 g/mol. The minimum atomic E-state index is -0.537. The van der Waals surface area contributed by atoms with Gasteiger partial charge in [-0.15, -0.1) is 0 Å². The number of nitrogens with zero attached hydrogens (tertiary/aromatic N) is 3. The number of likely N-dealkylation sites (tertiary alicyclic amines) is 1. The highest BCUT2D eigenvalue weighted by atomic mass is 32.2. The summed E-state index contributed by atoms with van der Waals surface area (Å²) in [5.74, 6) is -0.428. The van der Waals surface area contributed by atoms with Crippen LogP contribution in [0.15, 0.2) is 17.6 Å². The van der Waals surface area contributed by atoms with Crippen LogP contribution in [0.5, 0.6) is 0 Å². The van der Waals surface area contributed by atoms with Gasteiger partial charge >= 0.3 is 0 Å². The van der Waals surface area contributed by atoms with Crippen molar-refractivity contribution in [3.63, 3.8) is 0 Å². The first kappa shape index (κ1) is 16.7. The van der Waals surface area contributed by atoms with Crippen LogP contribution in [-0.4, -0.2) is 57.6 Å². The summed E-state index contributed by atoms with van der Waals surface area (Å²) in [7, 11) is 0. The van der Waals surface area contributed by atoms with Crippen LogP contribution in [0.1, 0.15) is 30.6 Å². The average molecular weight is 323 g/mol. The van der Waals surface area contributed by atoms with Crippen LogP contribution in [0.4, 0.5) is 0 Å². The molecule has 1 aromatic rings. The van der Waals surface area contributed by atoms with Gasteiger partial charge in [-0.3, -0.25) is 9.59 Å². The van der Waals surface area contributed by atoms with Gasteiger partial charge in [0.25, 0.3) is 5.91 Å². The van der Waals surface area contributed by atoms with E-state index < -0.39 is 6.04 Å². The normalized spacial score (nSPS) is 21.2. The zero-order valence-corrected chi connectivity index (χ0v) is 13.8. The third-order valence-corrected chi connectivity index (χ3v) is 3.96. The smallest absolute Gasteiger partial charge is 0.257 e. The van der Waals surface area contributed by atoms with Crippen molar-refractivity contribution < 1.29 is 9.59 Å². The van der Waals surface area contributed by atoms with E-state index in [1.165, 1.54) is 29.1 Å². The molecular formula is C14H21N5O2S. The fourth-order valence-corrected chi connectivity index (χ4v) is 2.74. The number of nitrogens with one attached hydrogen (secondary N) is 1. The molecule has 2 amide bonds. The Morgan fingerprint density at radius 2 is 2.05 bits per heavy atom. The Hall–Kier alpha value is -1.67. The standard InChI is InChI=1S/C14H21N5O2S/c1-8(2)18-12(20)11-4-10(15)7-19(11)13(21)9-5-16-14(22-3)17-6-9/h5-6,8,10-11H,4,7,15H2,1-3H3,(H,18,20)/t10-,11-/m0/s1. The van der Waals surface area contributed by atoms with E-state index >= 15 is 0 Å². The first-order valence-corrected chi connectivity index (χ1v) is 8.37. The first-order chi connectivity index (χ1) is 10.4. The molecule has 2 rings (SSSR count). The molecule has 3 N–H and O–H groups in total. The summed E-state index contributed by atoms with van der Waals surface area (Å²) in [6, 6.07) is -0.714. The molecule has 2 atom stereocenters. The third kappa shape index (κ3) is 3.75. The monoisotopic (exact) mass is 323 g/mol. The maximum absolute atomic E-state index is 12.6. The highest BCUT2D eigenvalue weighted by molar-refractivity contribution is 7.98. The second kappa shape index (κ2) is 7.06. The summed E-state index contributed by atoms with van der Waals surface area (Å²) in [5, 5.41) is 3.44. The predicted molar refractivity (Wildman–Crippen MR) is 84.5 cm³/mol. The SMILES string of the molecule is CSc1ncc(C(=O)N2C[C@@H](N)C[C@H]2C(=O)NC(C)C)cn1. The van der Waals surface area contributed by atoms with E-state index in [0.717, 1.165) is 0 Å². The Labute approximate surface area is 134 Å². The lowest BCUT2D eigenvalue weighted by atomic mass is 10.1. The summed E-state index contributed by atoms with van der Waals surface area (Å²) < 4.78 is 0. The van der Waals surface area contributed by atoms with Gasteiger partial charge in [-0.2, -0.15) is 0 Å². The van der Waals surface area contributed by atoms with Crippen LogP contribution in [0.3, 0.4) is 0 Å². The minimum Gasteiger partial charge on any atom is -0.352 e. The molecule has 1 aliphatic heterocycles. The van der Waals surface area contributed by atoms with Crippen LogP contribution in [0.2, 0.25) is 0 Å². The quantitative estimate of drug-likeness (QED) is 0.609. The molecule has 2 heterocycles. The number of aromatic nitrogens is 2. The molecule has 0 spiro atoms. The zero-order chi connectivity index (χ0) is 16.3. The molecule has 0 saturated carbocycles. The number of thioether (sulfide) groups is 1. The average Bonchev–Trinajstić information content (AvgIpc) is 2.88. The lowest BCUT2D eigenvalue weighted by Crippen LogP contribution is -2.47. The molecule has 22 heavy (non-hydrogen) atoms. The number of hydrogen-bond acceptors (Lipinski definition) is 6. The van der Waals surface area contributed by atoms with Crippen LogP contribution in [0.25, 0.3) is 0 Å². The topological polar surface area (TPSA) is 101 Å². The van der Waals surface area contributed by atoms with Crippen molar-refractivity contribution in [3.8, 4) is 0 Å². The fraction of sp³-hybridized carbons (Fsp3) is 0.571. The largest absolute Gasteiger partial charge is 0.352 e. The molecule has 0 aromatic carbocycles. The second-order valence-corrected chi connectivity index (χ2v) is 6.36. The van der Waals surface area contributed by atoms with Gasteiger partial charge in [0.2, 0.25) is 5.91 Å². The Morgan fingerprint density at radius 3 is 2.59 bits per heavy atom. The van der Waals surface area contributed by atoms with Gasteiger partial charge in [-0.05, 0) is 26.5 Å². The summed E-state index contributed by atoms with van der Waals surface area (Å²) >= 11 is 1.40. The van der Waals surface area contributed by atoms with Crippen molar-refractivity contribution in [2.45, 2.75) is 43.6 Å². The number of rotatable bonds is 4. The Bertz CT molecular complexity index is 549. The van der Waals surface area contributed by atoms with Crippen molar-refractivity contribution >= 4 is 23.6 Å². The van der Waals surface area contributed by atoms with Gasteiger partial charge in [-0.25, -0.2) is 9.97 Å². The summed E-state index contributed by atoms with van der Waals surface area (Å²) in [6.45, 7) is 4.13. The molecule has 1 fully saturated rings. The van der Waals surface area contributed by atoms with Gasteiger partial charge in [0.1, 0.15) is 6.04 Å². The molecule has 1 aromatic heterocycles. The van der Waals surface area contributed by atoms with E-state index in [2.05, 4.69) is 15.3 Å². The summed E-state index contributed by atoms with van der Waals surface area (Å²) in [4.78, 5) is 34.6. The summed E-state index contributed by atoms with van der Waals surface area (Å²) in [5.41, 5.74) is 6.31. The third-order valence-electron chi connectivity index (χ3n) is 3.39. The van der Waals surface area contributed by atoms with E-state index in [4.69, 9.17) is 5.73 Å². The zero-order valence-electron chi connectivity index (χ0n) is 12.9. The first-order valence-electron chi connectivity index (χ1n) is 7.15. The Kier molecular flexibility index (Phi) is 5.36. The Morgan fingerprint density at radius 1 is 1.41 bits per heavy atom. The van der Waals surface area contributed by atoms with Gasteiger partial charge in [-0.1, -0.05) is 11.8 Å². The molecule has 120 valence electrons.